The smallest absolute Gasteiger partial charge is 0.292 e. The van der Waals surface area contributed by atoms with Crippen LogP contribution in [0.4, 0.5) is 11.4 Å². The Labute approximate surface area is 105 Å². The molecular weight excluding hydrogens is 238 g/mol. The molecule has 0 saturated carbocycles. The third-order valence-corrected chi connectivity index (χ3v) is 2.30. The number of nitro benzene ring substituents is 1. The molecule has 1 rings (SSSR count). The molecule has 0 spiro atoms. The Balaban J connectivity index is 2.78. The van der Waals surface area contributed by atoms with E-state index in [2.05, 4.69) is 10.6 Å². The van der Waals surface area contributed by atoms with Gasteiger partial charge in [0.15, 0.2) is 0 Å². The van der Waals surface area contributed by atoms with Crippen LogP contribution in [0.2, 0.25) is 0 Å². The van der Waals surface area contributed by atoms with Gasteiger partial charge in [-0.3, -0.25) is 10.1 Å². The maximum absolute atomic E-state index is 10.9. The van der Waals surface area contributed by atoms with Crippen LogP contribution in [-0.2, 0) is 6.54 Å². The maximum Gasteiger partial charge on any atom is 0.292 e. The minimum Gasteiger partial charge on any atom is -0.395 e. The van der Waals surface area contributed by atoms with E-state index in [-0.39, 0.29) is 25.4 Å². The molecule has 0 aliphatic carbocycles. The monoisotopic (exact) mass is 255 g/mol. The van der Waals surface area contributed by atoms with Gasteiger partial charge in [-0.25, -0.2) is 0 Å². The van der Waals surface area contributed by atoms with Crippen molar-refractivity contribution in [3.63, 3.8) is 0 Å². The summed E-state index contributed by atoms with van der Waals surface area (Å²) in [5, 5.41) is 34.0. The first-order valence-corrected chi connectivity index (χ1v) is 5.62. The number of nitrogens with one attached hydrogen (secondary N) is 2. The van der Waals surface area contributed by atoms with Crippen LogP contribution in [0, 0.1) is 10.1 Å². The first-order valence-electron chi connectivity index (χ1n) is 5.62. The van der Waals surface area contributed by atoms with Gasteiger partial charge >= 0.3 is 0 Å². The van der Waals surface area contributed by atoms with Crippen molar-refractivity contribution in [1.82, 2.24) is 5.32 Å². The van der Waals surface area contributed by atoms with Crippen molar-refractivity contribution in [2.75, 3.05) is 31.6 Å². The Kier molecular flexibility index (Phi) is 6.06. The third-order valence-electron chi connectivity index (χ3n) is 2.30. The summed E-state index contributed by atoms with van der Waals surface area (Å²) < 4.78 is 0. The molecule has 0 heterocycles. The molecule has 1 aromatic carbocycles. The van der Waals surface area contributed by atoms with Gasteiger partial charge in [0.1, 0.15) is 5.69 Å². The highest BCUT2D eigenvalue weighted by atomic mass is 16.6. The molecule has 0 radical (unpaired) electrons. The molecule has 18 heavy (non-hydrogen) atoms. The zero-order chi connectivity index (χ0) is 13.4. The average Bonchev–Trinajstić information content (AvgIpc) is 2.37. The Morgan fingerprint density at radius 1 is 1.22 bits per heavy atom. The zero-order valence-electron chi connectivity index (χ0n) is 9.93. The van der Waals surface area contributed by atoms with E-state index >= 15 is 0 Å². The van der Waals surface area contributed by atoms with Crippen LogP contribution in [0.3, 0.4) is 0 Å². The fraction of sp³-hybridized carbons (Fsp3) is 0.455. The van der Waals surface area contributed by atoms with E-state index in [1.807, 2.05) is 0 Å². The molecule has 4 N–H and O–H groups in total. The fourth-order valence-corrected chi connectivity index (χ4v) is 1.49. The molecule has 0 aromatic heterocycles. The molecule has 100 valence electrons. The first kappa shape index (κ1) is 14.4. The van der Waals surface area contributed by atoms with Gasteiger partial charge in [0.05, 0.1) is 18.1 Å². The van der Waals surface area contributed by atoms with E-state index in [0.29, 0.717) is 18.8 Å². The number of hydrogen-bond donors (Lipinski definition) is 4. The van der Waals surface area contributed by atoms with E-state index in [0.717, 1.165) is 5.56 Å². The zero-order valence-corrected chi connectivity index (χ0v) is 9.93. The van der Waals surface area contributed by atoms with Crippen LogP contribution >= 0.6 is 0 Å². The van der Waals surface area contributed by atoms with Crippen LogP contribution in [0.1, 0.15) is 5.56 Å². The number of nitro groups is 1. The lowest BCUT2D eigenvalue weighted by Crippen LogP contribution is -2.17. The van der Waals surface area contributed by atoms with Crippen LogP contribution in [0.15, 0.2) is 18.2 Å². The molecule has 0 bridgehead atoms. The molecule has 0 saturated heterocycles. The standard InChI is InChI=1S/C11H17N3O4/c15-5-3-12-8-9-1-2-10(13-4-6-16)11(7-9)14(17)18/h1-2,7,12-13,15-16H,3-6,8H2. The summed E-state index contributed by atoms with van der Waals surface area (Å²) in [6, 6.07) is 4.85. The number of hydrogen-bond acceptors (Lipinski definition) is 6. The number of anilines is 1. The van der Waals surface area contributed by atoms with Gasteiger partial charge in [0.2, 0.25) is 0 Å². The highest BCUT2D eigenvalue weighted by molar-refractivity contribution is 5.62. The summed E-state index contributed by atoms with van der Waals surface area (Å²) in [6.07, 6.45) is 0. The largest absolute Gasteiger partial charge is 0.395 e. The van der Waals surface area contributed by atoms with Gasteiger partial charge < -0.3 is 20.8 Å². The van der Waals surface area contributed by atoms with Gasteiger partial charge in [0.25, 0.3) is 5.69 Å². The van der Waals surface area contributed by atoms with Gasteiger partial charge in [0, 0.05) is 25.7 Å². The van der Waals surface area contributed by atoms with Crippen LogP contribution in [0.25, 0.3) is 0 Å². The molecule has 7 heteroatoms. The van der Waals surface area contributed by atoms with Crippen molar-refractivity contribution in [2.45, 2.75) is 6.54 Å². The first-order chi connectivity index (χ1) is 8.69. The Hall–Kier alpha value is -1.70. The molecule has 0 atom stereocenters. The Morgan fingerprint density at radius 3 is 2.56 bits per heavy atom. The quantitative estimate of drug-likeness (QED) is 0.298. The predicted molar refractivity (Wildman–Crippen MR) is 67.5 cm³/mol. The number of aliphatic hydroxyl groups is 2. The minimum absolute atomic E-state index is 0.0215. The van der Waals surface area contributed by atoms with Crippen molar-refractivity contribution in [3.8, 4) is 0 Å². The minimum atomic E-state index is -0.463. The second-order valence-corrected chi connectivity index (χ2v) is 3.66. The lowest BCUT2D eigenvalue weighted by atomic mass is 10.1. The fourth-order valence-electron chi connectivity index (χ4n) is 1.49. The Bertz CT molecular complexity index is 398. The van der Waals surface area contributed by atoms with Crippen molar-refractivity contribution in [1.29, 1.82) is 0 Å². The van der Waals surface area contributed by atoms with E-state index in [1.54, 1.807) is 12.1 Å². The topological polar surface area (TPSA) is 108 Å². The Morgan fingerprint density at radius 2 is 1.94 bits per heavy atom. The average molecular weight is 255 g/mol. The summed E-state index contributed by atoms with van der Waals surface area (Å²) >= 11 is 0. The second kappa shape index (κ2) is 7.59. The lowest BCUT2D eigenvalue weighted by molar-refractivity contribution is -0.384. The molecule has 7 nitrogen and oxygen atoms in total. The summed E-state index contributed by atoms with van der Waals surface area (Å²) in [5.74, 6) is 0. The third kappa shape index (κ3) is 4.28. The molecule has 0 fully saturated rings. The lowest BCUT2D eigenvalue weighted by Gasteiger charge is -2.08. The molecule has 0 amide bonds. The molecule has 1 aromatic rings. The summed E-state index contributed by atoms with van der Waals surface area (Å²) in [6.45, 7) is 1.11. The number of nitrogens with zero attached hydrogens (tertiary/aromatic N) is 1. The predicted octanol–water partition coefficient (Wildman–Crippen LogP) is 0.0809. The summed E-state index contributed by atoms with van der Waals surface area (Å²) in [5.41, 5.74) is 1.14. The van der Waals surface area contributed by atoms with Crippen molar-refractivity contribution >= 4 is 11.4 Å². The molecule has 0 unspecified atom stereocenters. The molecular formula is C11H17N3O4. The highest BCUT2D eigenvalue weighted by Crippen LogP contribution is 2.25. The van der Waals surface area contributed by atoms with Crippen molar-refractivity contribution in [3.05, 3.63) is 33.9 Å². The molecule has 0 aliphatic rings. The number of aliphatic hydroxyl groups excluding tert-OH is 2. The van der Waals surface area contributed by atoms with Crippen LogP contribution in [-0.4, -0.2) is 41.4 Å². The summed E-state index contributed by atoms with van der Waals surface area (Å²) in [4.78, 5) is 10.4. The van der Waals surface area contributed by atoms with Crippen molar-refractivity contribution in [2.24, 2.45) is 0 Å². The van der Waals surface area contributed by atoms with Gasteiger partial charge in [-0.05, 0) is 11.6 Å². The van der Waals surface area contributed by atoms with Crippen molar-refractivity contribution < 1.29 is 15.1 Å². The van der Waals surface area contributed by atoms with Gasteiger partial charge in [-0.2, -0.15) is 0 Å². The molecule has 0 aliphatic heterocycles. The highest BCUT2D eigenvalue weighted by Gasteiger charge is 2.13. The summed E-state index contributed by atoms with van der Waals surface area (Å²) in [7, 11) is 0. The van der Waals surface area contributed by atoms with Gasteiger partial charge in [-0.1, -0.05) is 6.07 Å². The second-order valence-electron chi connectivity index (χ2n) is 3.66. The van der Waals surface area contributed by atoms with Gasteiger partial charge in [-0.15, -0.1) is 0 Å². The maximum atomic E-state index is 10.9. The van der Waals surface area contributed by atoms with E-state index in [9.17, 15) is 10.1 Å². The number of benzene rings is 1. The van der Waals surface area contributed by atoms with Crippen LogP contribution < -0.4 is 10.6 Å². The SMILES string of the molecule is O=[N+]([O-])c1cc(CNCCO)ccc1NCCO. The van der Waals surface area contributed by atoms with E-state index < -0.39 is 4.92 Å². The normalized spacial score (nSPS) is 10.3. The van der Waals surface area contributed by atoms with E-state index in [4.69, 9.17) is 10.2 Å². The van der Waals surface area contributed by atoms with E-state index in [1.165, 1.54) is 6.07 Å². The van der Waals surface area contributed by atoms with Crippen LogP contribution in [0.5, 0.6) is 0 Å². The number of rotatable bonds is 8.